The molecule has 0 fully saturated rings. The molecule has 3 aromatic rings. The molecule has 0 saturated carbocycles. The molecule has 0 amide bonds. The number of fused-ring (bicyclic) bond motifs is 1. The van der Waals surface area contributed by atoms with Gasteiger partial charge in [0.15, 0.2) is 23.4 Å². The van der Waals surface area contributed by atoms with E-state index in [1.54, 1.807) is 30.3 Å². The molecule has 1 unspecified atom stereocenters. The second kappa shape index (κ2) is 6.30. The van der Waals surface area contributed by atoms with E-state index in [4.69, 9.17) is 15.2 Å². The molecular formula is C18H15N3O4S. The molecule has 0 bridgehead atoms. The third-order valence-electron chi connectivity index (χ3n) is 3.94. The number of hydrogen-bond acceptors (Lipinski definition) is 7. The Morgan fingerprint density at radius 1 is 1.00 bits per heavy atom. The number of nitrogen functional groups attached to an aromatic ring is 1. The molecule has 1 aliphatic rings. The molecule has 0 saturated heterocycles. The molecule has 0 aliphatic carbocycles. The van der Waals surface area contributed by atoms with E-state index in [1.165, 1.54) is 18.3 Å². The molecule has 2 aromatic carbocycles. The van der Waals surface area contributed by atoms with Crippen LogP contribution in [0.5, 0.6) is 11.5 Å². The van der Waals surface area contributed by atoms with Crippen LogP contribution < -0.4 is 15.2 Å². The SMILES string of the molecule is Nc1nc(C2COc3ccccc3O2)ncc1S(=O)(=O)c1ccccc1. The number of sulfone groups is 1. The zero-order valence-electron chi connectivity index (χ0n) is 13.6. The molecule has 8 heteroatoms. The Morgan fingerprint density at radius 2 is 1.69 bits per heavy atom. The Morgan fingerprint density at radius 3 is 2.42 bits per heavy atom. The summed E-state index contributed by atoms with van der Waals surface area (Å²) in [7, 11) is -3.79. The highest BCUT2D eigenvalue weighted by molar-refractivity contribution is 7.91. The molecule has 1 aliphatic heterocycles. The summed E-state index contributed by atoms with van der Waals surface area (Å²) >= 11 is 0. The van der Waals surface area contributed by atoms with E-state index in [1.807, 2.05) is 12.1 Å². The van der Waals surface area contributed by atoms with Crippen LogP contribution in [-0.2, 0) is 9.84 Å². The third-order valence-corrected chi connectivity index (χ3v) is 5.73. The first-order valence-corrected chi connectivity index (χ1v) is 9.35. The highest BCUT2D eigenvalue weighted by Gasteiger charge is 2.27. The fourth-order valence-electron chi connectivity index (χ4n) is 2.63. The zero-order valence-corrected chi connectivity index (χ0v) is 14.4. The topological polar surface area (TPSA) is 104 Å². The van der Waals surface area contributed by atoms with Gasteiger partial charge in [-0.05, 0) is 24.3 Å². The van der Waals surface area contributed by atoms with Gasteiger partial charge >= 0.3 is 0 Å². The smallest absolute Gasteiger partial charge is 0.211 e. The molecule has 1 aromatic heterocycles. The summed E-state index contributed by atoms with van der Waals surface area (Å²) in [6.45, 7) is 0.210. The standard InChI is InChI=1S/C18H15N3O4S/c19-17-16(26(22,23)12-6-2-1-3-7-12)10-20-18(21-17)15-11-24-13-8-4-5-9-14(13)25-15/h1-10,15H,11H2,(H2,19,20,21). The first kappa shape index (κ1) is 16.3. The first-order valence-electron chi connectivity index (χ1n) is 7.87. The molecule has 26 heavy (non-hydrogen) atoms. The van der Waals surface area contributed by atoms with Gasteiger partial charge in [-0.2, -0.15) is 0 Å². The van der Waals surface area contributed by atoms with E-state index in [9.17, 15) is 8.42 Å². The van der Waals surface area contributed by atoms with Crippen molar-refractivity contribution >= 4 is 15.7 Å². The van der Waals surface area contributed by atoms with Gasteiger partial charge in [-0.25, -0.2) is 18.4 Å². The van der Waals surface area contributed by atoms with Crippen molar-refractivity contribution in [3.8, 4) is 11.5 Å². The van der Waals surface area contributed by atoms with Gasteiger partial charge in [0.2, 0.25) is 9.84 Å². The van der Waals surface area contributed by atoms with Crippen molar-refractivity contribution in [2.75, 3.05) is 12.3 Å². The lowest BCUT2D eigenvalue weighted by Gasteiger charge is -2.25. The number of anilines is 1. The molecule has 132 valence electrons. The van der Waals surface area contributed by atoms with Gasteiger partial charge in [0, 0.05) is 0 Å². The van der Waals surface area contributed by atoms with Crippen LogP contribution in [-0.4, -0.2) is 25.0 Å². The fourth-order valence-corrected chi connectivity index (χ4v) is 3.92. The summed E-state index contributed by atoms with van der Waals surface area (Å²) in [5.74, 6) is 1.36. The number of ether oxygens (including phenoxy) is 2. The van der Waals surface area contributed by atoms with E-state index in [0.29, 0.717) is 11.5 Å². The highest BCUT2D eigenvalue weighted by atomic mass is 32.2. The van der Waals surface area contributed by atoms with Crippen molar-refractivity contribution in [1.29, 1.82) is 0 Å². The summed E-state index contributed by atoms with van der Waals surface area (Å²) in [6.07, 6.45) is 0.643. The maximum Gasteiger partial charge on any atom is 0.211 e. The lowest BCUT2D eigenvalue weighted by Crippen LogP contribution is -2.24. The van der Waals surface area contributed by atoms with Crippen LogP contribution in [0.25, 0.3) is 0 Å². The Bertz CT molecular complexity index is 1060. The minimum Gasteiger partial charge on any atom is -0.485 e. The summed E-state index contributed by atoms with van der Waals surface area (Å²) < 4.78 is 36.8. The van der Waals surface area contributed by atoms with E-state index in [0.717, 1.165) is 0 Å². The molecule has 4 rings (SSSR count). The monoisotopic (exact) mass is 369 g/mol. The van der Waals surface area contributed by atoms with Gasteiger partial charge in [-0.1, -0.05) is 30.3 Å². The first-order chi connectivity index (χ1) is 12.6. The van der Waals surface area contributed by atoms with Gasteiger partial charge in [-0.3, -0.25) is 0 Å². The fraction of sp³-hybridized carbons (Fsp3) is 0.111. The summed E-state index contributed by atoms with van der Waals surface area (Å²) in [4.78, 5) is 8.30. The number of rotatable bonds is 3. The Hall–Kier alpha value is -3.13. The lowest BCUT2D eigenvalue weighted by atomic mass is 10.2. The van der Waals surface area contributed by atoms with Crippen LogP contribution >= 0.6 is 0 Å². The molecule has 0 spiro atoms. The molecule has 1 atom stereocenters. The number of benzene rings is 2. The minimum atomic E-state index is -3.79. The molecular weight excluding hydrogens is 354 g/mol. The second-order valence-corrected chi connectivity index (χ2v) is 7.58. The van der Waals surface area contributed by atoms with Gasteiger partial charge in [0.05, 0.1) is 11.1 Å². The van der Waals surface area contributed by atoms with Crippen molar-refractivity contribution in [1.82, 2.24) is 9.97 Å². The normalized spacial score (nSPS) is 16.2. The lowest BCUT2D eigenvalue weighted by molar-refractivity contribution is 0.0850. The quantitative estimate of drug-likeness (QED) is 0.756. The van der Waals surface area contributed by atoms with Crippen LogP contribution in [0.15, 0.2) is 70.6 Å². The van der Waals surface area contributed by atoms with Crippen LogP contribution in [0.3, 0.4) is 0 Å². The van der Waals surface area contributed by atoms with Crippen molar-refractivity contribution in [3.05, 3.63) is 66.6 Å². The largest absolute Gasteiger partial charge is 0.485 e. The maximum absolute atomic E-state index is 12.7. The highest BCUT2D eigenvalue weighted by Crippen LogP contribution is 2.35. The molecule has 2 heterocycles. The van der Waals surface area contributed by atoms with Crippen LogP contribution in [0.1, 0.15) is 11.9 Å². The number of nitrogens with zero attached hydrogens (tertiary/aromatic N) is 2. The van der Waals surface area contributed by atoms with Crippen molar-refractivity contribution in [3.63, 3.8) is 0 Å². The third kappa shape index (κ3) is 2.84. The summed E-state index contributed by atoms with van der Waals surface area (Å²) in [5, 5.41) is 0. The van der Waals surface area contributed by atoms with Gasteiger partial charge < -0.3 is 15.2 Å². The zero-order chi connectivity index (χ0) is 18.1. The Labute approximate surface area is 150 Å². The summed E-state index contributed by atoms with van der Waals surface area (Å²) in [5.41, 5.74) is 5.92. The Balaban J connectivity index is 1.65. The number of aromatic nitrogens is 2. The average molecular weight is 369 g/mol. The van der Waals surface area contributed by atoms with Gasteiger partial charge in [0.25, 0.3) is 0 Å². The van der Waals surface area contributed by atoms with Crippen molar-refractivity contribution in [2.45, 2.75) is 15.9 Å². The van der Waals surface area contributed by atoms with E-state index < -0.39 is 15.9 Å². The average Bonchev–Trinajstić information content (AvgIpc) is 2.68. The minimum absolute atomic E-state index is 0.124. The maximum atomic E-state index is 12.7. The van der Waals surface area contributed by atoms with Gasteiger partial charge in [0.1, 0.15) is 17.3 Å². The van der Waals surface area contributed by atoms with Crippen LogP contribution in [0, 0.1) is 0 Å². The van der Waals surface area contributed by atoms with Crippen LogP contribution in [0.4, 0.5) is 5.82 Å². The number of nitrogens with two attached hydrogens (primary N) is 1. The molecule has 7 nitrogen and oxygen atoms in total. The van der Waals surface area contributed by atoms with Gasteiger partial charge in [-0.15, -0.1) is 0 Å². The van der Waals surface area contributed by atoms with Crippen molar-refractivity contribution < 1.29 is 17.9 Å². The second-order valence-electron chi connectivity index (χ2n) is 5.66. The Kier molecular flexibility index (Phi) is 3.96. The summed E-state index contributed by atoms with van der Waals surface area (Å²) in [6, 6.07) is 15.3. The number of para-hydroxylation sites is 2. The predicted molar refractivity (Wildman–Crippen MR) is 93.6 cm³/mol. The van der Waals surface area contributed by atoms with E-state index in [2.05, 4.69) is 9.97 Å². The number of hydrogen-bond donors (Lipinski definition) is 1. The molecule has 2 N–H and O–H groups in total. The van der Waals surface area contributed by atoms with E-state index in [-0.39, 0.29) is 28.0 Å². The van der Waals surface area contributed by atoms with Crippen LogP contribution in [0.2, 0.25) is 0 Å². The van der Waals surface area contributed by atoms with Crippen molar-refractivity contribution in [2.24, 2.45) is 0 Å². The molecule has 0 radical (unpaired) electrons. The van der Waals surface area contributed by atoms with E-state index >= 15 is 0 Å². The predicted octanol–water partition coefficient (Wildman–Crippen LogP) is 2.40.